The van der Waals surface area contributed by atoms with Gasteiger partial charge in [0.25, 0.3) is 0 Å². The average molecular weight is 262 g/mol. The van der Waals surface area contributed by atoms with Gasteiger partial charge >= 0.3 is 0 Å². The number of nitrogens with one attached hydrogen (secondary N) is 1. The maximum Gasteiger partial charge on any atom is 0.227 e. The molecule has 1 aliphatic rings. The first-order chi connectivity index (χ1) is 9.20. The number of nitrogens with two attached hydrogens (primary N) is 1. The summed E-state index contributed by atoms with van der Waals surface area (Å²) in [5.41, 5.74) is 6.62. The van der Waals surface area contributed by atoms with E-state index in [-0.39, 0.29) is 17.9 Å². The molecule has 2 rings (SSSR count). The fourth-order valence-electron chi connectivity index (χ4n) is 2.47. The first kappa shape index (κ1) is 13.9. The highest BCUT2D eigenvalue weighted by Crippen LogP contribution is 2.28. The van der Waals surface area contributed by atoms with Gasteiger partial charge < -0.3 is 15.8 Å². The van der Waals surface area contributed by atoms with E-state index in [1.807, 2.05) is 31.2 Å². The van der Waals surface area contributed by atoms with Gasteiger partial charge in [-0.25, -0.2) is 0 Å². The van der Waals surface area contributed by atoms with Crippen molar-refractivity contribution in [1.29, 1.82) is 0 Å². The van der Waals surface area contributed by atoms with Crippen molar-refractivity contribution >= 4 is 11.6 Å². The minimum Gasteiger partial charge on any atom is -0.492 e. The predicted octanol–water partition coefficient (Wildman–Crippen LogP) is 2.54. The van der Waals surface area contributed by atoms with Crippen LogP contribution in [0.4, 0.5) is 5.69 Å². The lowest BCUT2D eigenvalue weighted by atomic mass is 9.86. The van der Waals surface area contributed by atoms with Crippen LogP contribution >= 0.6 is 0 Å². The molecule has 1 saturated carbocycles. The van der Waals surface area contributed by atoms with Crippen molar-refractivity contribution in [2.24, 2.45) is 11.7 Å². The molecule has 0 aliphatic heterocycles. The van der Waals surface area contributed by atoms with Gasteiger partial charge in [-0.05, 0) is 44.7 Å². The average Bonchev–Trinajstić information content (AvgIpc) is 2.42. The van der Waals surface area contributed by atoms with Gasteiger partial charge in [0.15, 0.2) is 0 Å². The quantitative estimate of drug-likeness (QED) is 0.876. The number of carbonyl (C=O) groups excluding carboxylic acids is 1. The highest BCUT2D eigenvalue weighted by atomic mass is 16.5. The maximum absolute atomic E-state index is 12.2. The van der Waals surface area contributed by atoms with Crippen LogP contribution in [-0.2, 0) is 4.79 Å². The van der Waals surface area contributed by atoms with E-state index in [0.29, 0.717) is 6.61 Å². The number of amides is 1. The molecule has 4 heteroatoms. The Morgan fingerprint density at radius 1 is 1.32 bits per heavy atom. The first-order valence-electron chi connectivity index (χ1n) is 6.99. The van der Waals surface area contributed by atoms with E-state index in [9.17, 15) is 4.79 Å². The number of benzene rings is 1. The molecule has 0 saturated heterocycles. The zero-order chi connectivity index (χ0) is 13.7. The van der Waals surface area contributed by atoms with Gasteiger partial charge in [-0.15, -0.1) is 0 Å². The summed E-state index contributed by atoms with van der Waals surface area (Å²) >= 11 is 0. The van der Waals surface area contributed by atoms with Crippen LogP contribution in [0.1, 0.15) is 32.6 Å². The van der Waals surface area contributed by atoms with Gasteiger partial charge in [0.05, 0.1) is 12.3 Å². The molecular formula is C15H22N2O2. The van der Waals surface area contributed by atoms with Crippen LogP contribution in [0.3, 0.4) is 0 Å². The Hall–Kier alpha value is -1.55. The molecule has 1 aliphatic carbocycles. The summed E-state index contributed by atoms with van der Waals surface area (Å²) in [6.07, 6.45) is 3.63. The topological polar surface area (TPSA) is 64.3 Å². The molecule has 0 aromatic heterocycles. The molecule has 1 aromatic rings. The molecule has 4 nitrogen and oxygen atoms in total. The Morgan fingerprint density at radius 2 is 2.00 bits per heavy atom. The van der Waals surface area contributed by atoms with Crippen LogP contribution < -0.4 is 15.8 Å². The minimum atomic E-state index is 0.0782. The molecule has 104 valence electrons. The van der Waals surface area contributed by atoms with Crippen molar-refractivity contribution in [3.8, 4) is 5.75 Å². The number of ether oxygens (including phenoxy) is 1. The van der Waals surface area contributed by atoms with E-state index in [1.54, 1.807) is 0 Å². The van der Waals surface area contributed by atoms with Crippen molar-refractivity contribution < 1.29 is 9.53 Å². The minimum absolute atomic E-state index is 0.0782. The number of rotatable bonds is 4. The lowest BCUT2D eigenvalue weighted by Crippen LogP contribution is -2.32. The van der Waals surface area contributed by atoms with Crippen LogP contribution in [0, 0.1) is 5.92 Å². The van der Waals surface area contributed by atoms with Crippen molar-refractivity contribution in [1.82, 2.24) is 0 Å². The molecule has 0 spiro atoms. The molecule has 0 atom stereocenters. The summed E-state index contributed by atoms with van der Waals surface area (Å²) in [7, 11) is 0. The number of hydrogen-bond donors (Lipinski definition) is 2. The van der Waals surface area contributed by atoms with E-state index >= 15 is 0 Å². The van der Waals surface area contributed by atoms with E-state index in [2.05, 4.69) is 5.32 Å². The van der Waals surface area contributed by atoms with Gasteiger partial charge in [0, 0.05) is 12.0 Å². The van der Waals surface area contributed by atoms with Gasteiger partial charge in [0.1, 0.15) is 5.75 Å². The molecular weight excluding hydrogens is 240 g/mol. The van der Waals surface area contributed by atoms with Crippen molar-refractivity contribution in [3.05, 3.63) is 24.3 Å². The van der Waals surface area contributed by atoms with Crippen LogP contribution in [0.25, 0.3) is 0 Å². The fraction of sp³-hybridized carbons (Fsp3) is 0.533. The van der Waals surface area contributed by atoms with E-state index in [0.717, 1.165) is 37.1 Å². The number of anilines is 1. The lowest BCUT2D eigenvalue weighted by Gasteiger charge is -2.25. The lowest BCUT2D eigenvalue weighted by molar-refractivity contribution is -0.120. The summed E-state index contributed by atoms with van der Waals surface area (Å²) in [6.45, 7) is 2.52. The van der Waals surface area contributed by atoms with Crippen LogP contribution in [0.5, 0.6) is 5.75 Å². The Kier molecular flexibility index (Phi) is 4.80. The summed E-state index contributed by atoms with van der Waals surface area (Å²) in [4.78, 5) is 12.2. The molecule has 1 fully saturated rings. The molecule has 0 heterocycles. The largest absolute Gasteiger partial charge is 0.492 e. The van der Waals surface area contributed by atoms with E-state index < -0.39 is 0 Å². The Morgan fingerprint density at radius 3 is 2.68 bits per heavy atom. The first-order valence-corrected chi connectivity index (χ1v) is 6.99. The monoisotopic (exact) mass is 262 g/mol. The second-order valence-electron chi connectivity index (χ2n) is 5.03. The molecule has 3 N–H and O–H groups in total. The van der Waals surface area contributed by atoms with E-state index in [4.69, 9.17) is 10.5 Å². The molecule has 0 unspecified atom stereocenters. The Labute approximate surface area is 114 Å². The summed E-state index contributed by atoms with van der Waals surface area (Å²) in [5.74, 6) is 0.888. The third-order valence-electron chi connectivity index (χ3n) is 3.59. The third kappa shape index (κ3) is 3.70. The van der Waals surface area contributed by atoms with Gasteiger partial charge in [-0.3, -0.25) is 4.79 Å². The zero-order valence-corrected chi connectivity index (χ0v) is 11.4. The summed E-state index contributed by atoms with van der Waals surface area (Å²) < 4.78 is 5.51. The third-order valence-corrected chi connectivity index (χ3v) is 3.59. The summed E-state index contributed by atoms with van der Waals surface area (Å²) in [5, 5.41) is 2.98. The number of hydrogen-bond acceptors (Lipinski definition) is 3. The van der Waals surface area contributed by atoms with Crippen molar-refractivity contribution in [2.75, 3.05) is 11.9 Å². The number of carbonyl (C=O) groups is 1. The highest BCUT2D eigenvalue weighted by Gasteiger charge is 2.25. The van der Waals surface area contributed by atoms with E-state index in [1.165, 1.54) is 0 Å². The summed E-state index contributed by atoms with van der Waals surface area (Å²) in [6, 6.07) is 7.81. The smallest absolute Gasteiger partial charge is 0.227 e. The molecule has 1 amide bonds. The fourth-order valence-corrected chi connectivity index (χ4v) is 2.47. The van der Waals surface area contributed by atoms with Crippen molar-refractivity contribution in [2.45, 2.75) is 38.6 Å². The maximum atomic E-state index is 12.2. The van der Waals surface area contributed by atoms with Gasteiger partial charge in [0.2, 0.25) is 5.91 Å². The van der Waals surface area contributed by atoms with Gasteiger partial charge in [-0.1, -0.05) is 12.1 Å². The molecule has 19 heavy (non-hydrogen) atoms. The normalized spacial score (nSPS) is 22.8. The molecule has 0 radical (unpaired) electrons. The van der Waals surface area contributed by atoms with Crippen LogP contribution in [0.15, 0.2) is 24.3 Å². The van der Waals surface area contributed by atoms with Crippen molar-refractivity contribution in [3.63, 3.8) is 0 Å². The van der Waals surface area contributed by atoms with Crippen LogP contribution in [0.2, 0.25) is 0 Å². The second-order valence-corrected chi connectivity index (χ2v) is 5.03. The van der Waals surface area contributed by atoms with Crippen LogP contribution in [-0.4, -0.2) is 18.6 Å². The SMILES string of the molecule is CCOc1ccccc1NC(=O)C1CCC(N)CC1. The zero-order valence-electron chi connectivity index (χ0n) is 11.4. The predicted molar refractivity (Wildman–Crippen MR) is 76.2 cm³/mol. The molecule has 0 bridgehead atoms. The Bertz CT molecular complexity index is 426. The standard InChI is InChI=1S/C15H22N2O2/c1-2-19-14-6-4-3-5-13(14)17-15(18)11-7-9-12(16)10-8-11/h3-6,11-12H,2,7-10,16H2,1H3,(H,17,18). The van der Waals surface area contributed by atoms with Gasteiger partial charge in [-0.2, -0.15) is 0 Å². The Balaban J connectivity index is 1.98. The number of para-hydroxylation sites is 2. The molecule has 1 aromatic carbocycles. The highest BCUT2D eigenvalue weighted by molar-refractivity contribution is 5.94. The second kappa shape index (κ2) is 6.57.